The van der Waals surface area contributed by atoms with Gasteiger partial charge in [-0.05, 0) is 41.5 Å². The Kier molecular flexibility index (Phi) is 6.29. The molecule has 1 atom stereocenters. The van der Waals surface area contributed by atoms with Crippen LogP contribution in [0.15, 0.2) is 36.4 Å². The summed E-state index contributed by atoms with van der Waals surface area (Å²) in [6.45, 7) is 1.33. The molecule has 2 aromatic carbocycles. The van der Waals surface area contributed by atoms with Gasteiger partial charge in [0.05, 0.1) is 13.7 Å². The molecule has 126 valence electrons. The summed E-state index contributed by atoms with van der Waals surface area (Å²) in [6.07, 6.45) is 0. The summed E-state index contributed by atoms with van der Waals surface area (Å²) in [6, 6.07) is 8.15. The first-order chi connectivity index (χ1) is 10.4. The SMILES string of the molecule is CCOC(=O)C(F)(F)[C@H](N)c1ccc2cc(OC)ccc2c1.Cl. The lowest BCUT2D eigenvalue weighted by Crippen LogP contribution is -2.41. The molecule has 7 heteroatoms. The largest absolute Gasteiger partial charge is 0.497 e. The van der Waals surface area contributed by atoms with Crippen molar-refractivity contribution in [1.29, 1.82) is 0 Å². The molecule has 0 spiro atoms. The van der Waals surface area contributed by atoms with Gasteiger partial charge >= 0.3 is 11.9 Å². The number of rotatable bonds is 5. The normalized spacial score (nSPS) is 12.4. The number of esters is 1. The Hall–Kier alpha value is -1.92. The first-order valence-corrected chi connectivity index (χ1v) is 6.78. The van der Waals surface area contributed by atoms with Crippen LogP contribution in [-0.2, 0) is 9.53 Å². The zero-order chi connectivity index (χ0) is 16.3. The van der Waals surface area contributed by atoms with Gasteiger partial charge in [0.25, 0.3) is 0 Å². The van der Waals surface area contributed by atoms with Crippen molar-refractivity contribution in [2.24, 2.45) is 5.73 Å². The Morgan fingerprint density at radius 3 is 2.43 bits per heavy atom. The number of alkyl halides is 2. The monoisotopic (exact) mass is 345 g/mol. The minimum absolute atomic E-state index is 0. The molecule has 2 N–H and O–H groups in total. The van der Waals surface area contributed by atoms with Gasteiger partial charge in [-0.3, -0.25) is 0 Å². The molecule has 0 aromatic heterocycles. The summed E-state index contributed by atoms with van der Waals surface area (Å²) in [5.74, 6) is -4.73. The van der Waals surface area contributed by atoms with Gasteiger partial charge < -0.3 is 15.2 Å². The van der Waals surface area contributed by atoms with Crippen LogP contribution in [0.2, 0.25) is 0 Å². The van der Waals surface area contributed by atoms with Crippen molar-refractivity contribution in [2.45, 2.75) is 18.9 Å². The smallest absolute Gasteiger partial charge is 0.379 e. The molecule has 0 saturated heterocycles. The predicted octanol–water partition coefficient (Wildman–Crippen LogP) is 3.47. The average molecular weight is 346 g/mol. The van der Waals surface area contributed by atoms with E-state index in [1.807, 2.05) is 0 Å². The minimum atomic E-state index is -3.78. The molecular formula is C16H18ClF2NO3. The molecule has 23 heavy (non-hydrogen) atoms. The van der Waals surface area contributed by atoms with Crippen LogP contribution in [0.4, 0.5) is 8.78 Å². The highest BCUT2D eigenvalue weighted by Crippen LogP contribution is 2.32. The summed E-state index contributed by atoms with van der Waals surface area (Å²) in [4.78, 5) is 11.4. The molecule has 0 aliphatic heterocycles. The lowest BCUT2D eigenvalue weighted by atomic mass is 9.98. The van der Waals surface area contributed by atoms with Gasteiger partial charge in [0, 0.05) is 0 Å². The number of methoxy groups -OCH3 is 1. The second-order valence-corrected chi connectivity index (χ2v) is 4.79. The van der Waals surface area contributed by atoms with Crippen molar-refractivity contribution in [1.82, 2.24) is 0 Å². The Morgan fingerprint density at radius 1 is 1.22 bits per heavy atom. The summed E-state index contributed by atoms with van der Waals surface area (Å²) >= 11 is 0. The van der Waals surface area contributed by atoms with E-state index in [2.05, 4.69) is 4.74 Å². The zero-order valence-corrected chi connectivity index (χ0v) is 13.5. The quantitative estimate of drug-likeness (QED) is 0.843. The molecule has 0 unspecified atom stereocenters. The predicted molar refractivity (Wildman–Crippen MR) is 86.3 cm³/mol. The van der Waals surface area contributed by atoms with Crippen LogP contribution >= 0.6 is 12.4 Å². The molecule has 4 nitrogen and oxygen atoms in total. The highest BCUT2D eigenvalue weighted by Gasteiger charge is 2.47. The number of hydrogen-bond acceptors (Lipinski definition) is 4. The Balaban J connectivity index is 0.00000264. The zero-order valence-electron chi connectivity index (χ0n) is 12.7. The van der Waals surface area contributed by atoms with Crippen LogP contribution < -0.4 is 10.5 Å². The number of carbonyl (C=O) groups excluding carboxylic acids is 1. The lowest BCUT2D eigenvalue weighted by molar-refractivity contribution is -0.174. The van der Waals surface area contributed by atoms with Crippen LogP contribution in [-0.4, -0.2) is 25.6 Å². The number of nitrogens with two attached hydrogens (primary N) is 1. The van der Waals surface area contributed by atoms with E-state index < -0.39 is 17.9 Å². The summed E-state index contributed by atoms with van der Waals surface area (Å²) < 4.78 is 37.5. The second kappa shape index (κ2) is 7.57. The van der Waals surface area contributed by atoms with Gasteiger partial charge in [0.2, 0.25) is 0 Å². The van der Waals surface area contributed by atoms with E-state index in [1.165, 1.54) is 19.1 Å². The van der Waals surface area contributed by atoms with Crippen LogP contribution in [0.5, 0.6) is 5.75 Å². The van der Waals surface area contributed by atoms with E-state index >= 15 is 0 Å². The summed E-state index contributed by atoms with van der Waals surface area (Å²) in [5.41, 5.74) is 5.74. The second-order valence-electron chi connectivity index (χ2n) is 4.79. The Morgan fingerprint density at radius 2 is 1.83 bits per heavy atom. The molecule has 0 heterocycles. The average Bonchev–Trinajstić information content (AvgIpc) is 2.53. The first-order valence-electron chi connectivity index (χ1n) is 6.78. The standard InChI is InChI=1S/C16H17F2NO3.ClH/c1-3-22-15(20)16(17,18)14(19)12-5-4-11-9-13(21-2)7-6-10(11)8-12;/h4-9,14H,3,19H2,1-2H3;1H/t14-;/m1./s1. The number of benzene rings is 2. The van der Waals surface area contributed by atoms with E-state index in [-0.39, 0.29) is 24.6 Å². The van der Waals surface area contributed by atoms with Crippen molar-refractivity contribution in [3.8, 4) is 5.75 Å². The van der Waals surface area contributed by atoms with E-state index in [0.717, 1.165) is 10.8 Å². The molecule has 0 amide bonds. The maximum atomic E-state index is 14.0. The van der Waals surface area contributed by atoms with Gasteiger partial charge in [-0.1, -0.05) is 18.2 Å². The first kappa shape index (κ1) is 19.1. The Bertz CT molecular complexity index is 694. The molecule has 0 fully saturated rings. The van der Waals surface area contributed by atoms with Crippen molar-refractivity contribution in [3.05, 3.63) is 42.0 Å². The fraction of sp³-hybridized carbons (Fsp3) is 0.312. The van der Waals surface area contributed by atoms with Crippen LogP contribution in [0.25, 0.3) is 10.8 Å². The van der Waals surface area contributed by atoms with Gasteiger partial charge in [0.1, 0.15) is 11.8 Å². The maximum Gasteiger partial charge on any atom is 0.379 e. The number of halogens is 3. The van der Waals surface area contributed by atoms with Crippen LogP contribution in [0, 0.1) is 0 Å². The van der Waals surface area contributed by atoms with E-state index in [4.69, 9.17) is 10.5 Å². The van der Waals surface area contributed by atoms with Crippen LogP contribution in [0.3, 0.4) is 0 Å². The molecule has 2 rings (SSSR count). The number of hydrogen-bond donors (Lipinski definition) is 1. The minimum Gasteiger partial charge on any atom is -0.497 e. The van der Waals surface area contributed by atoms with Crippen molar-refractivity contribution >= 4 is 29.1 Å². The van der Waals surface area contributed by atoms with Crippen LogP contribution in [0.1, 0.15) is 18.5 Å². The molecule has 0 aliphatic rings. The molecule has 0 radical (unpaired) electrons. The Labute approximate surface area is 139 Å². The third-order valence-corrected chi connectivity index (χ3v) is 3.37. The fourth-order valence-corrected chi connectivity index (χ4v) is 2.13. The molecule has 0 aliphatic carbocycles. The molecular weight excluding hydrogens is 328 g/mol. The number of fused-ring (bicyclic) bond motifs is 1. The third kappa shape index (κ3) is 3.89. The van der Waals surface area contributed by atoms with Crippen molar-refractivity contribution < 1.29 is 23.0 Å². The van der Waals surface area contributed by atoms with Gasteiger partial charge in [-0.2, -0.15) is 8.78 Å². The fourth-order valence-electron chi connectivity index (χ4n) is 2.13. The highest BCUT2D eigenvalue weighted by molar-refractivity contribution is 5.86. The van der Waals surface area contributed by atoms with E-state index in [9.17, 15) is 13.6 Å². The topological polar surface area (TPSA) is 61.5 Å². The highest BCUT2D eigenvalue weighted by atomic mass is 35.5. The van der Waals surface area contributed by atoms with Gasteiger partial charge in [-0.25, -0.2) is 4.79 Å². The summed E-state index contributed by atoms with van der Waals surface area (Å²) in [5, 5.41) is 1.56. The molecule has 0 bridgehead atoms. The van der Waals surface area contributed by atoms with E-state index in [0.29, 0.717) is 5.75 Å². The van der Waals surface area contributed by atoms with Crippen molar-refractivity contribution in [3.63, 3.8) is 0 Å². The number of carbonyl (C=O) groups is 1. The van der Waals surface area contributed by atoms with Gasteiger partial charge in [0.15, 0.2) is 0 Å². The molecule has 0 saturated carbocycles. The molecule has 2 aromatic rings. The van der Waals surface area contributed by atoms with E-state index in [1.54, 1.807) is 31.4 Å². The number of ether oxygens (including phenoxy) is 2. The van der Waals surface area contributed by atoms with Crippen molar-refractivity contribution in [2.75, 3.05) is 13.7 Å². The summed E-state index contributed by atoms with van der Waals surface area (Å²) in [7, 11) is 1.55. The van der Waals surface area contributed by atoms with Gasteiger partial charge in [-0.15, -0.1) is 12.4 Å². The third-order valence-electron chi connectivity index (χ3n) is 3.37. The lowest BCUT2D eigenvalue weighted by Gasteiger charge is -2.22. The maximum absolute atomic E-state index is 14.0.